The highest BCUT2D eigenvalue weighted by molar-refractivity contribution is 9.09. The molecule has 0 saturated carbocycles. The minimum absolute atomic E-state index is 0.359. The average Bonchev–Trinajstić information content (AvgIpc) is 2.35. The predicted octanol–water partition coefficient (Wildman–Crippen LogP) is 4.19. The Morgan fingerprint density at radius 1 is 1.19 bits per heavy atom. The minimum atomic E-state index is 0.359. The Morgan fingerprint density at radius 3 is 2.31 bits per heavy atom. The molecule has 0 fully saturated rings. The van der Waals surface area contributed by atoms with E-state index in [1.807, 2.05) is 12.1 Å². The van der Waals surface area contributed by atoms with Gasteiger partial charge in [-0.15, -0.1) is 0 Å². The van der Waals surface area contributed by atoms with Crippen molar-refractivity contribution >= 4 is 15.9 Å². The second-order valence-electron chi connectivity index (χ2n) is 3.90. The molecule has 0 heterocycles. The third-order valence-corrected chi connectivity index (χ3v) is 4.30. The Kier molecular flexibility index (Phi) is 5.13. The first-order chi connectivity index (χ1) is 7.63. The van der Waals surface area contributed by atoms with E-state index >= 15 is 0 Å². The molecule has 0 aliphatic heterocycles. The molecule has 1 rings (SSSR count). The molecular weight excluding hydrogens is 268 g/mol. The van der Waals surface area contributed by atoms with E-state index in [1.54, 1.807) is 14.2 Å². The smallest absolute Gasteiger partial charge is 0.161 e. The zero-order chi connectivity index (χ0) is 12.1. The number of methoxy groups -OCH3 is 2. The molecule has 1 aromatic carbocycles. The van der Waals surface area contributed by atoms with Crippen LogP contribution in [0, 0.1) is 5.92 Å². The van der Waals surface area contributed by atoms with Crippen LogP contribution in [0.25, 0.3) is 0 Å². The highest BCUT2D eigenvalue weighted by atomic mass is 79.9. The fourth-order valence-corrected chi connectivity index (χ4v) is 2.22. The number of hydrogen-bond acceptors (Lipinski definition) is 2. The summed E-state index contributed by atoms with van der Waals surface area (Å²) < 4.78 is 10.5. The topological polar surface area (TPSA) is 18.5 Å². The van der Waals surface area contributed by atoms with Gasteiger partial charge in [-0.3, -0.25) is 0 Å². The molecule has 0 bridgehead atoms. The van der Waals surface area contributed by atoms with Gasteiger partial charge in [0, 0.05) is 4.83 Å². The van der Waals surface area contributed by atoms with E-state index in [9.17, 15) is 0 Å². The molecule has 0 aliphatic rings. The van der Waals surface area contributed by atoms with Crippen molar-refractivity contribution in [3.8, 4) is 11.5 Å². The van der Waals surface area contributed by atoms with Gasteiger partial charge in [0.2, 0.25) is 0 Å². The summed E-state index contributed by atoms with van der Waals surface area (Å²) in [6.45, 7) is 4.43. The average molecular weight is 287 g/mol. The van der Waals surface area contributed by atoms with Crippen molar-refractivity contribution in [3.63, 3.8) is 0 Å². The molecule has 90 valence electrons. The fourth-order valence-electron chi connectivity index (χ4n) is 1.56. The zero-order valence-corrected chi connectivity index (χ0v) is 11.9. The Bertz CT molecular complexity index is 339. The van der Waals surface area contributed by atoms with Crippen molar-refractivity contribution in [2.75, 3.05) is 14.2 Å². The van der Waals surface area contributed by atoms with Gasteiger partial charge < -0.3 is 9.47 Å². The van der Waals surface area contributed by atoms with Gasteiger partial charge in [-0.25, -0.2) is 0 Å². The van der Waals surface area contributed by atoms with Gasteiger partial charge >= 0.3 is 0 Å². The zero-order valence-electron chi connectivity index (χ0n) is 10.3. The standard InChI is InChI=1S/C13H19BrO2/c1-5-9(2)13(14)10-6-7-11(15-3)12(8-10)16-4/h6-9,13H,5H2,1-4H3. The molecule has 0 saturated heterocycles. The monoisotopic (exact) mass is 286 g/mol. The van der Waals surface area contributed by atoms with Gasteiger partial charge in [-0.1, -0.05) is 42.3 Å². The molecule has 0 spiro atoms. The van der Waals surface area contributed by atoms with Crippen LogP contribution in [0.2, 0.25) is 0 Å². The Labute approximate surface area is 106 Å². The summed E-state index contributed by atoms with van der Waals surface area (Å²) in [5.41, 5.74) is 1.23. The van der Waals surface area contributed by atoms with Crippen molar-refractivity contribution in [2.24, 2.45) is 5.92 Å². The van der Waals surface area contributed by atoms with Crippen molar-refractivity contribution in [2.45, 2.75) is 25.1 Å². The van der Waals surface area contributed by atoms with Crippen LogP contribution >= 0.6 is 15.9 Å². The summed E-state index contributed by atoms with van der Waals surface area (Å²) in [5, 5.41) is 0. The maximum atomic E-state index is 5.29. The first-order valence-corrected chi connectivity index (χ1v) is 6.41. The molecule has 0 aromatic heterocycles. The van der Waals surface area contributed by atoms with Gasteiger partial charge in [-0.2, -0.15) is 0 Å². The van der Waals surface area contributed by atoms with E-state index < -0.39 is 0 Å². The van der Waals surface area contributed by atoms with Crippen molar-refractivity contribution in [1.82, 2.24) is 0 Å². The van der Waals surface area contributed by atoms with Crippen molar-refractivity contribution in [1.29, 1.82) is 0 Å². The van der Waals surface area contributed by atoms with E-state index in [2.05, 4.69) is 35.8 Å². The lowest BCUT2D eigenvalue weighted by Crippen LogP contribution is -2.02. The van der Waals surface area contributed by atoms with Crippen molar-refractivity contribution < 1.29 is 9.47 Å². The molecule has 2 unspecified atom stereocenters. The minimum Gasteiger partial charge on any atom is -0.493 e. The quantitative estimate of drug-likeness (QED) is 0.756. The van der Waals surface area contributed by atoms with Crippen LogP contribution in [0.1, 0.15) is 30.7 Å². The van der Waals surface area contributed by atoms with E-state index in [1.165, 1.54) is 5.56 Å². The SMILES string of the molecule is CCC(C)C(Br)c1ccc(OC)c(OC)c1. The molecule has 2 atom stereocenters. The summed E-state index contributed by atoms with van der Waals surface area (Å²) in [5.74, 6) is 2.15. The van der Waals surface area contributed by atoms with Gasteiger partial charge in [0.25, 0.3) is 0 Å². The first-order valence-electron chi connectivity index (χ1n) is 5.50. The van der Waals surface area contributed by atoms with Gasteiger partial charge in [0.1, 0.15) is 0 Å². The number of hydrogen-bond donors (Lipinski definition) is 0. The van der Waals surface area contributed by atoms with Crippen molar-refractivity contribution in [3.05, 3.63) is 23.8 Å². The van der Waals surface area contributed by atoms with Crippen LogP contribution < -0.4 is 9.47 Å². The van der Waals surface area contributed by atoms with Gasteiger partial charge in [0.05, 0.1) is 14.2 Å². The van der Waals surface area contributed by atoms with E-state index in [0.717, 1.165) is 17.9 Å². The van der Waals surface area contributed by atoms with Gasteiger partial charge in [0.15, 0.2) is 11.5 Å². The predicted molar refractivity (Wildman–Crippen MR) is 70.7 cm³/mol. The Hall–Kier alpha value is -0.700. The Morgan fingerprint density at radius 2 is 1.81 bits per heavy atom. The Balaban J connectivity index is 2.98. The largest absolute Gasteiger partial charge is 0.493 e. The van der Waals surface area contributed by atoms with Gasteiger partial charge in [-0.05, 0) is 23.6 Å². The molecular formula is C13H19BrO2. The van der Waals surface area contributed by atoms with E-state index in [-0.39, 0.29) is 0 Å². The molecule has 2 nitrogen and oxygen atoms in total. The summed E-state index contributed by atoms with van der Waals surface area (Å²) in [6, 6.07) is 6.06. The molecule has 0 amide bonds. The highest BCUT2D eigenvalue weighted by Gasteiger charge is 2.16. The number of alkyl halides is 1. The summed E-state index contributed by atoms with van der Waals surface area (Å²) in [7, 11) is 3.31. The lowest BCUT2D eigenvalue weighted by atomic mass is 9.98. The molecule has 0 N–H and O–H groups in total. The van der Waals surface area contributed by atoms with Crippen LogP contribution in [0.4, 0.5) is 0 Å². The summed E-state index contributed by atoms with van der Waals surface area (Å²) >= 11 is 3.73. The third-order valence-electron chi connectivity index (χ3n) is 2.87. The maximum Gasteiger partial charge on any atom is 0.161 e. The van der Waals surface area contributed by atoms with Crippen LogP contribution in [0.5, 0.6) is 11.5 Å². The number of halogens is 1. The maximum absolute atomic E-state index is 5.29. The fraction of sp³-hybridized carbons (Fsp3) is 0.538. The lowest BCUT2D eigenvalue weighted by Gasteiger charge is -2.18. The van der Waals surface area contributed by atoms with Crippen LogP contribution in [0.15, 0.2) is 18.2 Å². The lowest BCUT2D eigenvalue weighted by molar-refractivity contribution is 0.354. The molecule has 1 aromatic rings. The number of benzene rings is 1. The van der Waals surface area contributed by atoms with Crippen LogP contribution in [-0.2, 0) is 0 Å². The normalized spacial score (nSPS) is 14.3. The summed E-state index contributed by atoms with van der Waals surface area (Å²) in [4.78, 5) is 0.359. The number of rotatable bonds is 5. The molecule has 3 heteroatoms. The number of ether oxygens (including phenoxy) is 2. The third kappa shape index (κ3) is 2.91. The molecule has 0 aliphatic carbocycles. The van der Waals surface area contributed by atoms with Crippen LogP contribution in [-0.4, -0.2) is 14.2 Å². The first kappa shape index (κ1) is 13.4. The molecule has 0 radical (unpaired) electrons. The summed E-state index contributed by atoms with van der Waals surface area (Å²) in [6.07, 6.45) is 1.14. The van der Waals surface area contributed by atoms with E-state index in [4.69, 9.17) is 9.47 Å². The van der Waals surface area contributed by atoms with E-state index in [0.29, 0.717) is 10.7 Å². The highest BCUT2D eigenvalue weighted by Crippen LogP contribution is 2.37. The van der Waals surface area contributed by atoms with Crippen LogP contribution in [0.3, 0.4) is 0 Å². The second-order valence-corrected chi connectivity index (χ2v) is 4.89. The second kappa shape index (κ2) is 6.14. The molecule has 16 heavy (non-hydrogen) atoms.